The summed E-state index contributed by atoms with van der Waals surface area (Å²) in [5.41, 5.74) is 0.00763. The molecule has 6 nitrogen and oxygen atoms in total. The second kappa shape index (κ2) is 5.77. The minimum Gasteiger partial charge on any atom is -0.481 e. The molecule has 0 aliphatic rings. The van der Waals surface area contributed by atoms with Gasteiger partial charge >= 0.3 is 5.97 Å². The molecule has 1 aromatic carbocycles. The van der Waals surface area contributed by atoms with Crippen LogP contribution in [0.4, 0.5) is 5.69 Å². The van der Waals surface area contributed by atoms with E-state index in [4.69, 9.17) is 10.4 Å². The van der Waals surface area contributed by atoms with E-state index in [0.29, 0.717) is 18.4 Å². The minimum absolute atomic E-state index is 0.111. The van der Waals surface area contributed by atoms with Gasteiger partial charge in [0.25, 0.3) is 5.69 Å². The van der Waals surface area contributed by atoms with Gasteiger partial charge in [-0.1, -0.05) is 19.4 Å². The van der Waals surface area contributed by atoms with Crippen molar-refractivity contribution in [2.24, 2.45) is 0 Å². The van der Waals surface area contributed by atoms with E-state index in [2.05, 4.69) is 0 Å². The molecule has 0 fully saturated rings. The zero-order valence-corrected chi connectivity index (χ0v) is 9.79. The van der Waals surface area contributed by atoms with Crippen molar-refractivity contribution in [2.45, 2.75) is 25.7 Å². The van der Waals surface area contributed by atoms with Crippen LogP contribution in [0.2, 0.25) is 0 Å². The number of carboxylic acid groups (broad SMARTS) is 1. The third-order valence-corrected chi connectivity index (χ3v) is 2.62. The van der Waals surface area contributed by atoms with Crippen LogP contribution in [-0.2, 0) is 4.79 Å². The van der Waals surface area contributed by atoms with Crippen LogP contribution in [0.15, 0.2) is 18.2 Å². The molecule has 0 saturated carbocycles. The number of carboxylic acids is 1. The number of nitro benzene ring substituents is 1. The molecule has 0 saturated heterocycles. The first-order valence-corrected chi connectivity index (χ1v) is 5.42. The van der Waals surface area contributed by atoms with Crippen LogP contribution in [0.3, 0.4) is 0 Å². The fourth-order valence-corrected chi connectivity index (χ4v) is 1.74. The Balaban J connectivity index is 3.23. The molecule has 6 heteroatoms. The van der Waals surface area contributed by atoms with Crippen molar-refractivity contribution in [2.75, 3.05) is 0 Å². The lowest BCUT2D eigenvalue weighted by atomic mass is 9.93. The minimum atomic E-state index is -0.991. The summed E-state index contributed by atoms with van der Waals surface area (Å²) in [5, 5.41) is 28.6. The predicted octanol–water partition coefficient (Wildman–Crippen LogP) is 2.43. The summed E-state index contributed by atoms with van der Waals surface area (Å²) >= 11 is 0. The standard InChI is InChI=1S/C12H12N2O4/c1-2-3-10(12(15)16)8-4-5-11(14(17)18)9(6-8)7-13/h4-6,10H,2-3H2,1H3,(H,15,16). The summed E-state index contributed by atoms with van der Waals surface area (Å²) in [4.78, 5) is 21.1. The van der Waals surface area contributed by atoms with E-state index in [1.54, 1.807) is 6.07 Å². The van der Waals surface area contributed by atoms with Crippen molar-refractivity contribution in [3.8, 4) is 6.07 Å². The maximum absolute atomic E-state index is 11.1. The maximum atomic E-state index is 11.1. The Morgan fingerprint density at radius 1 is 1.61 bits per heavy atom. The van der Waals surface area contributed by atoms with E-state index in [-0.39, 0.29) is 11.3 Å². The van der Waals surface area contributed by atoms with Crippen LogP contribution in [0.5, 0.6) is 0 Å². The van der Waals surface area contributed by atoms with Gasteiger partial charge in [-0.15, -0.1) is 0 Å². The van der Waals surface area contributed by atoms with Crippen LogP contribution >= 0.6 is 0 Å². The van der Waals surface area contributed by atoms with Gasteiger partial charge in [0.15, 0.2) is 0 Å². The van der Waals surface area contributed by atoms with E-state index in [0.717, 1.165) is 0 Å². The van der Waals surface area contributed by atoms with Crippen molar-refractivity contribution in [3.05, 3.63) is 39.4 Å². The number of carbonyl (C=O) groups is 1. The second-order valence-corrected chi connectivity index (χ2v) is 3.82. The highest BCUT2D eigenvalue weighted by Crippen LogP contribution is 2.26. The number of aliphatic carboxylic acids is 1. The Kier molecular flexibility index (Phi) is 4.38. The van der Waals surface area contributed by atoms with Gasteiger partial charge in [0.1, 0.15) is 11.6 Å². The van der Waals surface area contributed by atoms with Crippen molar-refractivity contribution < 1.29 is 14.8 Å². The van der Waals surface area contributed by atoms with Crippen molar-refractivity contribution in [1.29, 1.82) is 5.26 Å². The SMILES string of the molecule is CCCC(C(=O)O)c1ccc([N+](=O)[O-])c(C#N)c1. The quantitative estimate of drug-likeness (QED) is 0.636. The van der Waals surface area contributed by atoms with Gasteiger partial charge in [0.05, 0.1) is 10.8 Å². The Bertz CT molecular complexity index is 519. The normalized spacial score (nSPS) is 11.6. The summed E-state index contributed by atoms with van der Waals surface area (Å²) in [7, 11) is 0. The first-order valence-electron chi connectivity index (χ1n) is 5.42. The number of hydrogen-bond donors (Lipinski definition) is 1. The largest absolute Gasteiger partial charge is 0.481 e. The Morgan fingerprint density at radius 3 is 2.72 bits per heavy atom. The van der Waals surface area contributed by atoms with Crippen LogP contribution < -0.4 is 0 Å². The fourth-order valence-electron chi connectivity index (χ4n) is 1.74. The average Bonchev–Trinajstić information content (AvgIpc) is 2.34. The van der Waals surface area contributed by atoms with Gasteiger partial charge < -0.3 is 5.11 Å². The second-order valence-electron chi connectivity index (χ2n) is 3.82. The lowest BCUT2D eigenvalue weighted by molar-refractivity contribution is -0.385. The lowest BCUT2D eigenvalue weighted by Crippen LogP contribution is -2.11. The van der Waals surface area contributed by atoms with Gasteiger partial charge in [-0.05, 0) is 18.1 Å². The summed E-state index contributed by atoms with van der Waals surface area (Å²) in [6, 6.07) is 5.58. The van der Waals surface area contributed by atoms with Gasteiger partial charge in [-0.3, -0.25) is 14.9 Å². The van der Waals surface area contributed by atoms with E-state index in [1.165, 1.54) is 18.2 Å². The van der Waals surface area contributed by atoms with E-state index < -0.39 is 16.8 Å². The van der Waals surface area contributed by atoms with E-state index in [9.17, 15) is 14.9 Å². The molecule has 18 heavy (non-hydrogen) atoms. The highest BCUT2D eigenvalue weighted by atomic mass is 16.6. The monoisotopic (exact) mass is 248 g/mol. The lowest BCUT2D eigenvalue weighted by Gasteiger charge is -2.11. The number of rotatable bonds is 5. The van der Waals surface area contributed by atoms with Crippen LogP contribution in [0, 0.1) is 21.4 Å². The summed E-state index contributed by atoms with van der Waals surface area (Å²) in [6.45, 7) is 1.85. The Morgan fingerprint density at radius 2 is 2.28 bits per heavy atom. The molecular formula is C12H12N2O4. The summed E-state index contributed by atoms with van der Waals surface area (Å²) in [5.74, 6) is -1.72. The predicted molar refractivity (Wildman–Crippen MR) is 63.1 cm³/mol. The molecule has 1 N–H and O–H groups in total. The number of nitriles is 1. The average molecular weight is 248 g/mol. The number of hydrogen-bond acceptors (Lipinski definition) is 4. The van der Waals surface area contributed by atoms with E-state index in [1.807, 2.05) is 6.92 Å². The molecule has 94 valence electrons. The fraction of sp³-hybridized carbons (Fsp3) is 0.333. The van der Waals surface area contributed by atoms with Crippen LogP contribution in [-0.4, -0.2) is 16.0 Å². The smallest absolute Gasteiger partial charge is 0.310 e. The first kappa shape index (κ1) is 13.6. The first-order chi connectivity index (χ1) is 8.51. The maximum Gasteiger partial charge on any atom is 0.310 e. The number of nitro groups is 1. The molecular weight excluding hydrogens is 236 g/mol. The highest BCUT2D eigenvalue weighted by Gasteiger charge is 2.22. The van der Waals surface area contributed by atoms with Gasteiger partial charge in [0.2, 0.25) is 0 Å². The molecule has 0 spiro atoms. The molecule has 0 aliphatic carbocycles. The molecule has 0 radical (unpaired) electrons. The summed E-state index contributed by atoms with van der Waals surface area (Å²) in [6.07, 6.45) is 1.11. The molecule has 0 amide bonds. The van der Waals surface area contributed by atoms with Crippen molar-refractivity contribution >= 4 is 11.7 Å². The summed E-state index contributed by atoms with van der Waals surface area (Å²) < 4.78 is 0. The molecule has 1 aromatic rings. The molecule has 0 aliphatic heterocycles. The van der Waals surface area contributed by atoms with Gasteiger partial charge in [-0.2, -0.15) is 5.26 Å². The Hall–Kier alpha value is -2.42. The van der Waals surface area contributed by atoms with Crippen LogP contribution in [0.1, 0.15) is 36.8 Å². The number of nitrogens with zero attached hydrogens (tertiary/aromatic N) is 2. The zero-order valence-electron chi connectivity index (χ0n) is 9.79. The third kappa shape index (κ3) is 2.83. The molecule has 1 unspecified atom stereocenters. The van der Waals surface area contributed by atoms with Gasteiger partial charge in [0, 0.05) is 6.07 Å². The Labute approximate surface area is 104 Å². The molecule has 1 atom stereocenters. The third-order valence-electron chi connectivity index (χ3n) is 2.62. The molecule has 0 aromatic heterocycles. The molecule has 1 rings (SSSR count). The van der Waals surface area contributed by atoms with Gasteiger partial charge in [-0.25, -0.2) is 0 Å². The van der Waals surface area contributed by atoms with Crippen molar-refractivity contribution in [1.82, 2.24) is 0 Å². The zero-order chi connectivity index (χ0) is 13.7. The van der Waals surface area contributed by atoms with Crippen molar-refractivity contribution in [3.63, 3.8) is 0 Å². The van der Waals surface area contributed by atoms with E-state index >= 15 is 0 Å². The van der Waals surface area contributed by atoms with Crippen LogP contribution in [0.25, 0.3) is 0 Å². The molecule has 0 bridgehead atoms. The number of benzene rings is 1. The topological polar surface area (TPSA) is 104 Å². The molecule has 0 heterocycles. The highest BCUT2D eigenvalue weighted by molar-refractivity contribution is 5.76.